The van der Waals surface area contributed by atoms with Gasteiger partial charge in [-0.1, -0.05) is 30.3 Å². The number of hydrogen-bond acceptors (Lipinski definition) is 2. The molecule has 0 heterocycles. The smallest absolute Gasteiger partial charge is 0.227 e. The minimum Gasteiger partial charge on any atom is -0.342 e. The summed E-state index contributed by atoms with van der Waals surface area (Å²) in [6, 6.07) is 10.5. The van der Waals surface area contributed by atoms with Crippen LogP contribution in [0.4, 0.5) is 0 Å². The summed E-state index contributed by atoms with van der Waals surface area (Å²) in [5.74, 6) is 1.52. The van der Waals surface area contributed by atoms with E-state index in [1.165, 1.54) is 24.8 Å². The van der Waals surface area contributed by atoms with E-state index in [0.717, 1.165) is 19.5 Å². The standard InChI is InChI=1S/C18H26N2O/c1-2-20(11-10-13-6-4-3-5-7-13)18(21)16-14-8-9-15(12-14)17(16)19/h3-7,14-17H,2,8-12,19H2,1H3. The quantitative estimate of drug-likeness (QED) is 0.903. The Morgan fingerprint density at radius 3 is 2.57 bits per heavy atom. The Bertz CT molecular complexity index is 485. The second-order valence-electron chi connectivity index (χ2n) is 6.59. The van der Waals surface area contributed by atoms with Crippen molar-refractivity contribution in [3.63, 3.8) is 0 Å². The molecule has 2 aliphatic carbocycles. The molecule has 4 unspecified atom stereocenters. The largest absolute Gasteiger partial charge is 0.342 e. The maximum Gasteiger partial charge on any atom is 0.227 e. The van der Waals surface area contributed by atoms with Gasteiger partial charge in [-0.25, -0.2) is 0 Å². The summed E-state index contributed by atoms with van der Waals surface area (Å²) in [6.45, 7) is 3.66. The van der Waals surface area contributed by atoms with Crippen LogP contribution in [0.5, 0.6) is 0 Å². The predicted octanol–water partition coefficient (Wildman–Crippen LogP) is 2.45. The molecule has 2 N–H and O–H groups in total. The third-order valence-corrected chi connectivity index (χ3v) is 5.47. The first kappa shape index (κ1) is 14.6. The van der Waals surface area contributed by atoms with Crippen molar-refractivity contribution in [2.24, 2.45) is 23.5 Å². The Kier molecular flexibility index (Phi) is 4.29. The maximum atomic E-state index is 12.8. The zero-order valence-corrected chi connectivity index (χ0v) is 12.9. The average molecular weight is 286 g/mol. The summed E-state index contributed by atoms with van der Waals surface area (Å²) in [5.41, 5.74) is 7.61. The zero-order valence-electron chi connectivity index (χ0n) is 12.9. The molecule has 2 aliphatic rings. The van der Waals surface area contributed by atoms with E-state index in [4.69, 9.17) is 5.73 Å². The van der Waals surface area contributed by atoms with Gasteiger partial charge in [-0.2, -0.15) is 0 Å². The van der Waals surface area contributed by atoms with E-state index in [9.17, 15) is 4.79 Å². The summed E-state index contributed by atoms with van der Waals surface area (Å²) in [6.07, 6.45) is 4.53. The SMILES string of the molecule is CCN(CCc1ccccc1)C(=O)C1C2CCC(C2)C1N. The third-order valence-electron chi connectivity index (χ3n) is 5.47. The van der Waals surface area contributed by atoms with Crippen molar-refractivity contribution in [3.05, 3.63) is 35.9 Å². The van der Waals surface area contributed by atoms with Crippen LogP contribution in [-0.4, -0.2) is 29.9 Å². The Balaban J connectivity index is 1.62. The fourth-order valence-electron chi connectivity index (χ4n) is 4.25. The van der Waals surface area contributed by atoms with E-state index < -0.39 is 0 Å². The summed E-state index contributed by atoms with van der Waals surface area (Å²) < 4.78 is 0. The molecule has 2 bridgehead atoms. The number of carbonyl (C=O) groups is 1. The molecule has 1 aromatic rings. The lowest BCUT2D eigenvalue weighted by atomic mass is 9.84. The zero-order chi connectivity index (χ0) is 14.8. The highest BCUT2D eigenvalue weighted by Crippen LogP contribution is 2.48. The van der Waals surface area contributed by atoms with Gasteiger partial charge in [-0.05, 0) is 50.0 Å². The van der Waals surface area contributed by atoms with Gasteiger partial charge >= 0.3 is 0 Å². The lowest BCUT2D eigenvalue weighted by Crippen LogP contribution is -2.47. The topological polar surface area (TPSA) is 46.3 Å². The molecule has 114 valence electrons. The molecule has 0 aliphatic heterocycles. The number of benzene rings is 1. The first-order valence-corrected chi connectivity index (χ1v) is 8.29. The normalized spacial score (nSPS) is 30.6. The molecule has 0 saturated heterocycles. The van der Waals surface area contributed by atoms with Crippen molar-refractivity contribution in [1.82, 2.24) is 4.90 Å². The van der Waals surface area contributed by atoms with Gasteiger partial charge in [0.1, 0.15) is 0 Å². The van der Waals surface area contributed by atoms with Gasteiger partial charge in [0.05, 0.1) is 5.92 Å². The van der Waals surface area contributed by atoms with Crippen molar-refractivity contribution in [2.75, 3.05) is 13.1 Å². The number of nitrogens with two attached hydrogens (primary N) is 1. The number of carbonyl (C=O) groups excluding carboxylic acids is 1. The van der Waals surface area contributed by atoms with E-state index in [0.29, 0.717) is 17.7 Å². The van der Waals surface area contributed by atoms with E-state index in [1.54, 1.807) is 0 Å². The van der Waals surface area contributed by atoms with Crippen LogP contribution in [0.15, 0.2) is 30.3 Å². The molecule has 1 aromatic carbocycles. The van der Waals surface area contributed by atoms with Crippen LogP contribution < -0.4 is 5.73 Å². The molecule has 3 nitrogen and oxygen atoms in total. The minimum absolute atomic E-state index is 0.0828. The van der Waals surface area contributed by atoms with E-state index in [-0.39, 0.29) is 12.0 Å². The van der Waals surface area contributed by atoms with E-state index >= 15 is 0 Å². The highest BCUT2D eigenvalue weighted by atomic mass is 16.2. The van der Waals surface area contributed by atoms with Crippen LogP contribution in [0, 0.1) is 17.8 Å². The van der Waals surface area contributed by atoms with Crippen molar-refractivity contribution in [3.8, 4) is 0 Å². The summed E-state index contributed by atoms with van der Waals surface area (Å²) in [5, 5.41) is 0. The van der Waals surface area contributed by atoms with Crippen molar-refractivity contribution >= 4 is 5.91 Å². The van der Waals surface area contributed by atoms with Crippen molar-refractivity contribution in [1.29, 1.82) is 0 Å². The van der Waals surface area contributed by atoms with Crippen LogP contribution in [0.1, 0.15) is 31.7 Å². The molecule has 0 aromatic heterocycles. The molecule has 2 fully saturated rings. The molecule has 2 saturated carbocycles. The second kappa shape index (κ2) is 6.18. The molecular weight excluding hydrogens is 260 g/mol. The van der Waals surface area contributed by atoms with Gasteiger partial charge < -0.3 is 10.6 Å². The lowest BCUT2D eigenvalue weighted by molar-refractivity contribution is -0.137. The first-order valence-electron chi connectivity index (χ1n) is 8.29. The number of likely N-dealkylation sites (N-methyl/N-ethyl adjacent to an activating group) is 1. The van der Waals surface area contributed by atoms with Crippen LogP contribution in [0.25, 0.3) is 0 Å². The van der Waals surface area contributed by atoms with Gasteiger partial charge in [0.25, 0.3) is 0 Å². The Morgan fingerprint density at radius 2 is 1.95 bits per heavy atom. The van der Waals surface area contributed by atoms with Gasteiger partial charge in [0.2, 0.25) is 5.91 Å². The Morgan fingerprint density at radius 1 is 1.24 bits per heavy atom. The van der Waals surface area contributed by atoms with Crippen LogP contribution in [-0.2, 0) is 11.2 Å². The van der Waals surface area contributed by atoms with Crippen LogP contribution >= 0.6 is 0 Å². The minimum atomic E-state index is 0.0828. The van der Waals surface area contributed by atoms with E-state index in [1.807, 2.05) is 11.0 Å². The van der Waals surface area contributed by atoms with Crippen molar-refractivity contribution in [2.45, 2.75) is 38.6 Å². The molecule has 1 amide bonds. The number of fused-ring (bicyclic) bond motifs is 2. The molecule has 21 heavy (non-hydrogen) atoms. The molecule has 0 spiro atoms. The van der Waals surface area contributed by atoms with Crippen LogP contribution in [0.3, 0.4) is 0 Å². The molecule has 3 rings (SSSR count). The molecule has 3 heteroatoms. The fourth-order valence-corrected chi connectivity index (χ4v) is 4.25. The fraction of sp³-hybridized carbons (Fsp3) is 0.611. The summed E-state index contributed by atoms with van der Waals surface area (Å²) in [4.78, 5) is 14.9. The summed E-state index contributed by atoms with van der Waals surface area (Å²) >= 11 is 0. The lowest BCUT2D eigenvalue weighted by Gasteiger charge is -2.32. The van der Waals surface area contributed by atoms with Gasteiger partial charge in [-0.3, -0.25) is 4.79 Å². The predicted molar refractivity (Wildman–Crippen MR) is 84.7 cm³/mol. The monoisotopic (exact) mass is 286 g/mol. The van der Waals surface area contributed by atoms with Gasteiger partial charge in [0, 0.05) is 19.1 Å². The Hall–Kier alpha value is -1.35. The molecule has 4 atom stereocenters. The molecule has 0 radical (unpaired) electrons. The number of nitrogens with zero attached hydrogens (tertiary/aromatic N) is 1. The maximum absolute atomic E-state index is 12.8. The van der Waals surface area contributed by atoms with Crippen LogP contribution in [0.2, 0.25) is 0 Å². The van der Waals surface area contributed by atoms with E-state index in [2.05, 4.69) is 31.2 Å². The van der Waals surface area contributed by atoms with Gasteiger partial charge in [-0.15, -0.1) is 0 Å². The Labute approximate surface area is 127 Å². The van der Waals surface area contributed by atoms with Crippen molar-refractivity contribution < 1.29 is 4.79 Å². The highest BCUT2D eigenvalue weighted by molar-refractivity contribution is 5.80. The molecular formula is C18H26N2O. The summed E-state index contributed by atoms with van der Waals surface area (Å²) in [7, 11) is 0. The first-order chi connectivity index (χ1) is 10.2. The number of rotatable bonds is 5. The van der Waals surface area contributed by atoms with Gasteiger partial charge in [0.15, 0.2) is 0 Å². The highest BCUT2D eigenvalue weighted by Gasteiger charge is 2.49. The number of hydrogen-bond donors (Lipinski definition) is 1. The second-order valence-corrected chi connectivity index (χ2v) is 6.59. The average Bonchev–Trinajstić information content (AvgIpc) is 3.09. The third kappa shape index (κ3) is 2.84. The number of amides is 1.